The summed E-state index contributed by atoms with van der Waals surface area (Å²) in [7, 11) is 7.27. The van der Waals surface area contributed by atoms with Crippen LogP contribution in [0.2, 0.25) is 0 Å². The monoisotopic (exact) mass is 309 g/mol. The number of nitrogens with one attached hydrogen (secondary N) is 2. The van der Waals surface area contributed by atoms with Crippen LogP contribution in [-0.4, -0.2) is 58.9 Å². The van der Waals surface area contributed by atoms with Crippen LogP contribution in [0.25, 0.3) is 0 Å². The number of carbonyl (C=O) groups is 1. The zero-order valence-corrected chi connectivity index (χ0v) is 13.9. The van der Waals surface area contributed by atoms with Gasteiger partial charge in [-0.2, -0.15) is 0 Å². The smallest absolute Gasteiger partial charge is 0.314 e. The van der Waals surface area contributed by atoms with Crippen molar-refractivity contribution in [3.8, 4) is 5.75 Å². The molecule has 124 valence electrons. The first kappa shape index (κ1) is 18.3. The molecular formula is C16H27N3O3. The van der Waals surface area contributed by atoms with E-state index in [1.807, 2.05) is 38.4 Å². The predicted octanol–water partition coefficient (Wildman–Crippen LogP) is 1.63. The van der Waals surface area contributed by atoms with Gasteiger partial charge in [0.25, 0.3) is 0 Å². The van der Waals surface area contributed by atoms with Crippen LogP contribution in [0, 0.1) is 0 Å². The van der Waals surface area contributed by atoms with Crippen LogP contribution < -0.4 is 15.4 Å². The van der Waals surface area contributed by atoms with Crippen LogP contribution >= 0.6 is 0 Å². The third kappa shape index (κ3) is 6.32. The van der Waals surface area contributed by atoms with Gasteiger partial charge < -0.3 is 25.0 Å². The van der Waals surface area contributed by atoms with Crippen molar-refractivity contribution in [1.82, 2.24) is 15.5 Å². The van der Waals surface area contributed by atoms with Crippen molar-refractivity contribution in [2.75, 3.05) is 48.0 Å². The molecule has 1 aromatic rings. The molecule has 6 heteroatoms. The Hall–Kier alpha value is -1.79. The summed E-state index contributed by atoms with van der Waals surface area (Å²) < 4.78 is 10.2. The molecule has 22 heavy (non-hydrogen) atoms. The number of carbonyl (C=O) groups excluding carboxylic acids is 1. The van der Waals surface area contributed by atoms with Crippen LogP contribution in [-0.2, 0) is 4.74 Å². The minimum Gasteiger partial charge on any atom is -0.497 e. The second-order valence-corrected chi connectivity index (χ2v) is 5.24. The van der Waals surface area contributed by atoms with Gasteiger partial charge in [-0.15, -0.1) is 0 Å². The second-order valence-electron chi connectivity index (χ2n) is 5.24. The molecule has 2 amide bonds. The number of benzene rings is 1. The Bertz CT molecular complexity index is 452. The van der Waals surface area contributed by atoms with Gasteiger partial charge in [0.05, 0.1) is 13.2 Å². The molecule has 0 saturated carbocycles. The highest BCUT2D eigenvalue weighted by Crippen LogP contribution is 2.21. The number of likely N-dealkylation sites (N-methyl/N-ethyl adjacent to an activating group) is 1. The first-order valence-corrected chi connectivity index (χ1v) is 7.39. The zero-order chi connectivity index (χ0) is 16.4. The largest absolute Gasteiger partial charge is 0.497 e. The van der Waals surface area contributed by atoms with Crippen molar-refractivity contribution in [2.45, 2.75) is 12.5 Å². The van der Waals surface area contributed by atoms with E-state index in [9.17, 15) is 4.79 Å². The standard InChI is InChI=1S/C16H27N3O3/c1-19(2)15(13-7-5-8-14(11-13)22-4)12-18-16(20)17-9-6-10-21-3/h5,7-8,11,15H,6,9-10,12H2,1-4H3,(H2,17,18,20). The van der Waals surface area contributed by atoms with Crippen molar-refractivity contribution in [2.24, 2.45) is 0 Å². The molecule has 1 unspecified atom stereocenters. The van der Waals surface area contributed by atoms with Crippen molar-refractivity contribution in [1.29, 1.82) is 0 Å². The molecule has 0 spiro atoms. The van der Waals surface area contributed by atoms with Crippen LogP contribution in [0.1, 0.15) is 18.0 Å². The molecular weight excluding hydrogens is 282 g/mol. The maximum absolute atomic E-state index is 11.8. The molecule has 0 aliphatic rings. The first-order valence-electron chi connectivity index (χ1n) is 7.39. The van der Waals surface area contributed by atoms with E-state index in [-0.39, 0.29) is 12.1 Å². The van der Waals surface area contributed by atoms with Crippen LogP contribution in [0.5, 0.6) is 5.75 Å². The lowest BCUT2D eigenvalue weighted by molar-refractivity contribution is 0.193. The number of methoxy groups -OCH3 is 2. The highest BCUT2D eigenvalue weighted by Gasteiger charge is 2.15. The van der Waals surface area contributed by atoms with E-state index < -0.39 is 0 Å². The normalized spacial score (nSPS) is 12.0. The number of urea groups is 1. The molecule has 1 atom stereocenters. The summed E-state index contributed by atoms with van der Waals surface area (Å²) in [4.78, 5) is 13.9. The summed E-state index contributed by atoms with van der Waals surface area (Å²) in [5.74, 6) is 0.813. The van der Waals surface area contributed by atoms with E-state index in [1.54, 1.807) is 14.2 Å². The molecule has 6 nitrogen and oxygen atoms in total. The topological polar surface area (TPSA) is 62.8 Å². The van der Waals surface area contributed by atoms with Crippen molar-refractivity contribution in [3.05, 3.63) is 29.8 Å². The van der Waals surface area contributed by atoms with E-state index >= 15 is 0 Å². The van der Waals surface area contributed by atoms with Gasteiger partial charge >= 0.3 is 6.03 Å². The maximum atomic E-state index is 11.8. The summed E-state index contributed by atoms with van der Waals surface area (Å²) in [6.45, 7) is 1.77. The molecule has 2 N–H and O–H groups in total. The summed E-state index contributed by atoms with van der Waals surface area (Å²) in [5.41, 5.74) is 1.10. The summed E-state index contributed by atoms with van der Waals surface area (Å²) in [5, 5.41) is 5.72. The van der Waals surface area contributed by atoms with Gasteiger partial charge in [0.1, 0.15) is 5.75 Å². The Morgan fingerprint density at radius 2 is 2.05 bits per heavy atom. The molecule has 0 fully saturated rings. The number of ether oxygens (including phenoxy) is 2. The number of nitrogens with zero attached hydrogens (tertiary/aromatic N) is 1. The summed E-state index contributed by atoms with van der Waals surface area (Å²) in [6, 6.07) is 7.81. The second kappa shape index (κ2) is 10.0. The van der Waals surface area contributed by atoms with Gasteiger partial charge in [-0.3, -0.25) is 0 Å². The van der Waals surface area contributed by atoms with Crippen LogP contribution in [0.15, 0.2) is 24.3 Å². The van der Waals surface area contributed by atoms with Crippen molar-refractivity contribution >= 4 is 6.03 Å². The Morgan fingerprint density at radius 1 is 1.27 bits per heavy atom. The third-order valence-electron chi connectivity index (χ3n) is 3.37. The molecule has 0 aliphatic carbocycles. The molecule has 0 heterocycles. The van der Waals surface area contributed by atoms with E-state index in [1.165, 1.54) is 0 Å². The molecule has 0 saturated heterocycles. The van der Waals surface area contributed by atoms with Gasteiger partial charge in [-0.1, -0.05) is 12.1 Å². The first-order chi connectivity index (χ1) is 10.6. The fourth-order valence-corrected chi connectivity index (χ4v) is 2.12. The lowest BCUT2D eigenvalue weighted by Crippen LogP contribution is -2.41. The lowest BCUT2D eigenvalue weighted by Gasteiger charge is -2.25. The Morgan fingerprint density at radius 3 is 2.68 bits per heavy atom. The molecule has 0 aromatic heterocycles. The molecule has 0 aliphatic heterocycles. The number of hydrogen-bond donors (Lipinski definition) is 2. The Kier molecular flexibility index (Phi) is 8.32. The zero-order valence-electron chi connectivity index (χ0n) is 13.9. The fourth-order valence-electron chi connectivity index (χ4n) is 2.12. The van der Waals surface area contributed by atoms with Gasteiger partial charge in [0.15, 0.2) is 0 Å². The predicted molar refractivity (Wildman–Crippen MR) is 87.3 cm³/mol. The van der Waals surface area contributed by atoms with Gasteiger partial charge in [-0.05, 0) is 38.2 Å². The Labute approximate surface area is 132 Å². The highest BCUT2D eigenvalue weighted by molar-refractivity contribution is 5.73. The SMILES string of the molecule is COCCCNC(=O)NCC(c1cccc(OC)c1)N(C)C. The van der Waals surface area contributed by atoms with E-state index in [0.29, 0.717) is 19.7 Å². The summed E-state index contributed by atoms with van der Waals surface area (Å²) in [6.07, 6.45) is 0.802. The fraction of sp³-hybridized carbons (Fsp3) is 0.562. The Balaban J connectivity index is 2.52. The third-order valence-corrected chi connectivity index (χ3v) is 3.37. The summed E-state index contributed by atoms with van der Waals surface area (Å²) >= 11 is 0. The number of rotatable bonds is 9. The van der Waals surface area contributed by atoms with Crippen LogP contribution in [0.3, 0.4) is 0 Å². The lowest BCUT2D eigenvalue weighted by atomic mass is 10.1. The van der Waals surface area contributed by atoms with Gasteiger partial charge in [-0.25, -0.2) is 4.79 Å². The van der Waals surface area contributed by atoms with Crippen molar-refractivity contribution in [3.63, 3.8) is 0 Å². The maximum Gasteiger partial charge on any atom is 0.314 e. The van der Waals surface area contributed by atoms with E-state index in [2.05, 4.69) is 15.5 Å². The molecule has 0 radical (unpaired) electrons. The quantitative estimate of drug-likeness (QED) is 0.681. The number of hydrogen-bond acceptors (Lipinski definition) is 4. The van der Waals surface area contributed by atoms with E-state index in [4.69, 9.17) is 9.47 Å². The van der Waals surface area contributed by atoms with Crippen LogP contribution in [0.4, 0.5) is 4.79 Å². The molecule has 1 rings (SSSR count). The minimum atomic E-state index is -0.161. The average molecular weight is 309 g/mol. The molecule has 0 bridgehead atoms. The average Bonchev–Trinajstić information content (AvgIpc) is 2.51. The van der Waals surface area contributed by atoms with Crippen molar-refractivity contribution < 1.29 is 14.3 Å². The van der Waals surface area contributed by atoms with Gasteiger partial charge in [0, 0.05) is 26.8 Å². The van der Waals surface area contributed by atoms with Gasteiger partial charge in [0.2, 0.25) is 0 Å². The minimum absolute atomic E-state index is 0.0832. The number of amides is 2. The highest BCUT2D eigenvalue weighted by atomic mass is 16.5. The van der Waals surface area contributed by atoms with E-state index in [0.717, 1.165) is 17.7 Å². The molecule has 1 aromatic carbocycles.